The molecule has 2 N–H and O–H groups in total. The van der Waals surface area contributed by atoms with E-state index in [1.54, 1.807) is 0 Å². The molecule has 0 radical (unpaired) electrons. The van der Waals surface area contributed by atoms with Gasteiger partial charge in [0.1, 0.15) is 0 Å². The van der Waals surface area contributed by atoms with E-state index < -0.39 is 10.8 Å². The SMILES string of the molecule is O=C(NCCS(=O)Cc1ccccc1)C1CCCNC1. The number of carbonyl (C=O) groups is 1. The van der Waals surface area contributed by atoms with Gasteiger partial charge < -0.3 is 10.6 Å². The number of amides is 1. The van der Waals surface area contributed by atoms with Crippen molar-refractivity contribution < 1.29 is 9.00 Å². The van der Waals surface area contributed by atoms with E-state index in [0.717, 1.165) is 31.5 Å². The van der Waals surface area contributed by atoms with E-state index in [0.29, 0.717) is 18.1 Å². The lowest BCUT2D eigenvalue weighted by molar-refractivity contribution is -0.125. The summed E-state index contributed by atoms with van der Waals surface area (Å²) in [5.74, 6) is 1.24. The average Bonchev–Trinajstić information content (AvgIpc) is 2.49. The van der Waals surface area contributed by atoms with Crippen molar-refractivity contribution in [3.05, 3.63) is 35.9 Å². The Labute approximate surface area is 122 Å². The molecule has 1 aliphatic rings. The van der Waals surface area contributed by atoms with Gasteiger partial charge in [-0.2, -0.15) is 0 Å². The van der Waals surface area contributed by atoms with Gasteiger partial charge in [0.2, 0.25) is 5.91 Å². The van der Waals surface area contributed by atoms with E-state index in [9.17, 15) is 9.00 Å². The number of piperidine rings is 1. The summed E-state index contributed by atoms with van der Waals surface area (Å²) < 4.78 is 11.9. The largest absolute Gasteiger partial charge is 0.355 e. The molecular weight excluding hydrogens is 272 g/mol. The normalized spacial score (nSPS) is 20.3. The Morgan fingerprint density at radius 3 is 2.85 bits per heavy atom. The number of hydrogen-bond donors (Lipinski definition) is 2. The maximum absolute atomic E-state index is 11.9. The first-order valence-electron chi connectivity index (χ1n) is 7.13. The Balaban J connectivity index is 1.65. The molecule has 1 aromatic carbocycles. The van der Waals surface area contributed by atoms with Crippen LogP contribution in [0.1, 0.15) is 18.4 Å². The van der Waals surface area contributed by atoms with Gasteiger partial charge in [-0.05, 0) is 24.9 Å². The van der Waals surface area contributed by atoms with Gasteiger partial charge in [-0.1, -0.05) is 30.3 Å². The summed E-state index contributed by atoms with van der Waals surface area (Å²) in [4.78, 5) is 11.9. The summed E-state index contributed by atoms with van der Waals surface area (Å²) in [7, 11) is -0.923. The molecule has 0 saturated carbocycles. The molecule has 0 aromatic heterocycles. The molecule has 0 spiro atoms. The zero-order valence-electron chi connectivity index (χ0n) is 11.6. The highest BCUT2D eigenvalue weighted by atomic mass is 32.2. The monoisotopic (exact) mass is 294 g/mol. The molecule has 5 heteroatoms. The first-order valence-corrected chi connectivity index (χ1v) is 8.62. The summed E-state index contributed by atoms with van der Waals surface area (Å²) >= 11 is 0. The van der Waals surface area contributed by atoms with Gasteiger partial charge in [-0.25, -0.2) is 0 Å². The fourth-order valence-electron chi connectivity index (χ4n) is 2.34. The fraction of sp³-hybridized carbons (Fsp3) is 0.533. The number of nitrogens with one attached hydrogen (secondary N) is 2. The Hall–Kier alpha value is -1.20. The van der Waals surface area contributed by atoms with Crippen molar-refractivity contribution in [2.24, 2.45) is 5.92 Å². The highest BCUT2D eigenvalue weighted by molar-refractivity contribution is 7.84. The van der Waals surface area contributed by atoms with E-state index in [-0.39, 0.29) is 11.8 Å². The van der Waals surface area contributed by atoms with Gasteiger partial charge in [0, 0.05) is 35.4 Å². The van der Waals surface area contributed by atoms with Crippen LogP contribution in [-0.4, -0.2) is 35.5 Å². The van der Waals surface area contributed by atoms with Crippen LogP contribution in [0.5, 0.6) is 0 Å². The molecule has 2 atom stereocenters. The van der Waals surface area contributed by atoms with Crippen molar-refractivity contribution in [1.29, 1.82) is 0 Å². The van der Waals surface area contributed by atoms with Crippen LogP contribution in [0.4, 0.5) is 0 Å². The minimum atomic E-state index is -0.923. The van der Waals surface area contributed by atoms with E-state index in [1.165, 1.54) is 0 Å². The van der Waals surface area contributed by atoms with Crippen LogP contribution in [0, 0.1) is 5.92 Å². The Bertz CT molecular complexity index is 444. The third-order valence-electron chi connectivity index (χ3n) is 3.47. The Morgan fingerprint density at radius 1 is 1.35 bits per heavy atom. The van der Waals surface area contributed by atoms with Crippen LogP contribution in [0.25, 0.3) is 0 Å². The van der Waals surface area contributed by atoms with Crippen LogP contribution in [-0.2, 0) is 21.3 Å². The quantitative estimate of drug-likeness (QED) is 0.824. The first kappa shape index (κ1) is 15.2. The smallest absolute Gasteiger partial charge is 0.224 e. The van der Waals surface area contributed by atoms with Crippen LogP contribution in [0.2, 0.25) is 0 Å². The Kier molecular flexibility index (Phi) is 6.21. The lowest BCUT2D eigenvalue weighted by Crippen LogP contribution is -2.41. The topological polar surface area (TPSA) is 58.2 Å². The van der Waals surface area contributed by atoms with Crippen molar-refractivity contribution in [3.63, 3.8) is 0 Å². The second kappa shape index (κ2) is 8.17. The summed E-state index contributed by atoms with van der Waals surface area (Å²) in [6.07, 6.45) is 2.00. The maximum atomic E-state index is 11.9. The highest BCUT2D eigenvalue weighted by Crippen LogP contribution is 2.09. The molecule has 20 heavy (non-hydrogen) atoms. The molecule has 1 amide bonds. The molecule has 2 unspecified atom stereocenters. The van der Waals surface area contributed by atoms with Crippen molar-refractivity contribution in [2.75, 3.05) is 25.4 Å². The van der Waals surface area contributed by atoms with Crippen LogP contribution >= 0.6 is 0 Å². The molecular formula is C15H22N2O2S. The lowest BCUT2D eigenvalue weighted by atomic mass is 9.99. The first-order chi connectivity index (χ1) is 9.75. The molecule has 1 fully saturated rings. The molecule has 2 rings (SSSR count). The van der Waals surface area contributed by atoms with Crippen molar-refractivity contribution in [1.82, 2.24) is 10.6 Å². The fourth-order valence-corrected chi connectivity index (χ4v) is 3.38. The van der Waals surface area contributed by atoms with E-state index in [1.807, 2.05) is 30.3 Å². The standard InChI is InChI=1S/C15H22N2O2S/c18-15(14-7-4-8-16-11-14)17-9-10-20(19)12-13-5-2-1-3-6-13/h1-3,5-6,14,16H,4,7-12H2,(H,17,18). The zero-order valence-corrected chi connectivity index (χ0v) is 12.5. The molecule has 110 valence electrons. The van der Waals surface area contributed by atoms with Gasteiger partial charge in [-0.3, -0.25) is 9.00 Å². The second-order valence-electron chi connectivity index (χ2n) is 5.11. The molecule has 0 bridgehead atoms. The summed E-state index contributed by atoms with van der Waals surface area (Å²) in [6, 6.07) is 9.80. The van der Waals surface area contributed by atoms with E-state index in [4.69, 9.17) is 0 Å². The maximum Gasteiger partial charge on any atom is 0.224 e. The predicted molar refractivity (Wildman–Crippen MR) is 81.8 cm³/mol. The van der Waals surface area contributed by atoms with Crippen LogP contribution in [0.15, 0.2) is 30.3 Å². The zero-order chi connectivity index (χ0) is 14.2. The van der Waals surface area contributed by atoms with Gasteiger partial charge >= 0.3 is 0 Å². The lowest BCUT2D eigenvalue weighted by Gasteiger charge is -2.21. The second-order valence-corrected chi connectivity index (χ2v) is 6.68. The Morgan fingerprint density at radius 2 is 2.15 bits per heavy atom. The van der Waals surface area contributed by atoms with Crippen LogP contribution in [0.3, 0.4) is 0 Å². The molecule has 1 aliphatic heterocycles. The van der Waals surface area contributed by atoms with Crippen molar-refractivity contribution >= 4 is 16.7 Å². The minimum Gasteiger partial charge on any atom is -0.355 e. The van der Waals surface area contributed by atoms with Gasteiger partial charge in [0.05, 0.1) is 5.92 Å². The summed E-state index contributed by atoms with van der Waals surface area (Å²) in [5.41, 5.74) is 1.08. The van der Waals surface area contributed by atoms with E-state index >= 15 is 0 Å². The number of carbonyl (C=O) groups excluding carboxylic acids is 1. The summed E-state index contributed by atoms with van der Waals surface area (Å²) in [5, 5.41) is 6.12. The predicted octanol–water partition coefficient (Wildman–Crippen LogP) is 1.05. The van der Waals surface area contributed by atoms with Crippen LogP contribution < -0.4 is 10.6 Å². The average molecular weight is 294 g/mol. The molecule has 1 saturated heterocycles. The van der Waals surface area contributed by atoms with E-state index in [2.05, 4.69) is 10.6 Å². The molecule has 4 nitrogen and oxygen atoms in total. The number of benzene rings is 1. The van der Waals surface area contributed by atoms with Gasteiger partial charge in [-0.15, -0.1) is 0 Å². The van der Waals surface area contributed by atoms with Crippen molar-refractivity contribution in [2.45, 2.75) is 18.6 Å². The van der Waals surface area contributed by atoms with Gasteiger partial charge in [0.25, 0.3) is 0 Å². The third-order valence-corrected chi connectivity index (χ3v) is 4.78. The number of hydrogen-bond acceptors (Lipinski definition) is 3. The third kappa shape index (κ3) is 5.06. The molecule has 0 aliphatic carbocycles. The molecule has 1 heterocycles. The van der Waals surface area contributed by atoms with Crippen molar-refractivity contribution in [3.8, 4) is 0 Å². The molecule has 1 aromatic rings. The summed E-state index contributed by atoms with van der Waals surface area (Å²) in [6.45, 7) is 2.26. The minimum absolute atomic E-state index is 0.0753. The highest BCUT2D eigenvalue weighted by Gasteiger charge is 2.20. The number of rotatable bonds is 6. The van der Waals surface area contributed by atoms with Gasteiger partial charge in [0.15, 0.2) is 0 Å².